The van der Waals surface area contributed by atoms with Crippen molar-refractivity contribution in [2.75, 3.05) is 5.32 Å². The molecule has 132 valence electrons. The summed E-state index contributed by atoms with van der Waals surface area (Å²) in [7, 11) is 0. The fourth-order valence-corrected chi connectivity index (χ4v) is 3.21. The van der Waals surface area contributed by atoms with E-state index in [0.29, 0.717) is 11.7 Å². The van der Waals surface area contributed by atoms with Crippen molar-refractivity contribution in [3.05, 3.63) is 72.6 Å². The van der Waals surface area contributed by atoms with Crippen LogP contribution in [-0.2, 0) is 0 Å². The number of rotatable bonds is 5. The number of anilines is 1. The van der Waals surface area contributed by atoms with Crippen LogP contribution in [0.15, 0.2) is 67.0 Å². The predicted molar refractivity (Wildman–Crippen MR) is 101 cm³/mol. The molecule has 1 aromatic heterocycles. The van der Waals surface area contributed by atoms with E-state index in [1.54, 1.807) is 17.1 Å². The highest BCUT2D eigenvalue weighted by molar-refractivity contribution is 6.04. The third-order valence-corrected chi connectivity index (χ3v) is 4.56. The first-order valence-corrected chi connectivity index (χ1v) is 8.96. The summed E-state index contributed by atoms with van der Waals surface area (Å²) < 4.78 is 7.69. The molecule has 0 radical (unpaired) electrons. The number of amides is 1. The van der Waals surface area contributed by atoms with Crippen LogP contribution in [0.2, 0.25) is 0 Å². The Balaban J connectivity index is 1.44. The van der Waals surface area contributed by atoms with E-state index in [0.717, 1.165) is 30.0 Å². The smallest absolute Gasteiger partial charge is 0.258 e. The van der Waals surface area contributed by atoms with Crippen molar-refractivity contribution in [2.45, 2.75) is 31.8 Å². The van der Waals surface area contributed by atoms with Crippen LogP contribution in [0.4, 0.5) is 5.69 Å². The molecule has 0 spiro atoms. The SMILES string of the molecule is O=C(Nc1cccc(OC2CCCC2)c1)c1cnn(-c2ccccc2)c1. The van der Waals surface area contributed by atoms with E-state index in [-0.39, 0.29) is 5.91 Å². The molecule has 0 aliphatic heterocycles. The monoisotopic (exact) mass is 347 g/mol. The van der Waals surface area contributed by atoms with Gasteiger partial charge in [-0.25, -0.2) is 4.68 Å². The van der Waals surface area contributed by atoms with Gasteiger partial charge in [0.05, 0.1) is 23.6 Å². The molecule has 5 nitrogen and oxygen atoms in total. The number of carbonyl (C=O) groups is 1. The number of aromatic nitrogens is 2. The van der Waals surface area contributed by atoms with Gasteiger partial charge >= 0.3 is 0 Å². The van der Waals surface area contributed by atoms with Gasteiger partial charge in [-0.1, -0.05) is 24.3 Å². The Hall–Kier alpha value is -3.08. The first-order valence-electron chi connectivity index (χ1n) is 8.96. The lowest BCUT2D eigenvalue weighted by molar-refractivity contribution is 0.102. The summed E-state index contributed by atoms with van der Waals surface area (Å²) in [6.45, 7) is 0. The van der Waals surface area contributed by atoms with Crippen molar-refractivity contribution in [2.24, 2.45) is 0 Å². The molecule has 4 rings (SSSR count). The molecule has 2 aromatic carbocycles. The third kappa shape index (κ3) is 3.77. The van der Waals surface area contributed by atoms with Crippen LogP contribution in [-0.4, -0.2) is 21.8 Å². The largest absolute Gasteiger partial charge is 0.490 e. The average molecular weight is 347 g/mol. The van der Waals surface area contributed by atoms with Crippen LogP contribution in [0.3, 0.4) is 0 Å². The second-order valence-corrected chi connectivity index (χ2v) is 6.52. The Kier molecular flexibility index (Phi) is 4.69. The minimum Gasteiger partial charge on any atom is -0.490 e. The second-order valence-electron chi connectivity index (χ2n) is 6.52. The Morgan fingerprint density at radius 3 is 2.69 bits per heavy atom. The molecule has 1 N–H and O–H groups in total. The number of nitrogens with one attached hydrogen (secondary N) is 1. The zero-order chi connectivity index (χ0) is 17.8. The Labute approximate surface area is 152 Å². The van der Waals surface area contributed by atoms with Crippen LogP contribution in [0.1, 0.15) is 36.0 Å². The van der Waals surface area contributed by atoms with E-state index >= 15 is 0 Å². The van der Waals surface area contributed by atoms with Gasteiger partial charge < -0.3 is 10.1 Å². The van der Waals surface area contributed by atoms with E-state index in [1.807, 2.05) is 54.6 Å². The van der Waals surface area contributed by atoms with Gasteiger partial charge in [-0.3, -0.25) is 4.79 Å². The molecule has 1 aliphatic rings. The predicted octanol–water partition coefficient (Wildman–Crippen LogP) is 4.45. The molecule has 1 heterocycles. The highest BCUT2D eigenvalue weighted by atomic mass is 16.5. The maximum Gasteiger partial charge on any atom is 0.258 e. The van der Waals surface area contributed by atoms with Crippen molar-refractivity contribution in [1.29, 1.82) is 0 Å². The summed E-state index contributed by atoms with van der Waals surface area (Å²) >= 11 is 0. The van der Waals surface area contributed by atoms with Crippen LogP contribution in [0.5, 0.6) is 5.75 Å². The summed E-state index contributed by atoms with van der Waals surface area (Å²) in [5, 5.41) is 7.18. The van der Waals surface area contributed by atoms with Gasteiger partial charge in [0.25, 0.3) is 5.91 Å². The maximum absolute atomic E-state index is 12.5. The van der Waals surface area contributed by atoms with Crippen molar-refractivity contribution in [3.8, 4) is 11.4 Å². The number of carbonyl (C=O) groups excluding carboxylic acids is 1. The molecule has 1 aliphatic carbocycles. The summed E-state index contributed by atoms with van der Waals surface area (Å²) in [6.07, 6.45) is 8.26. The highest BCUT2D eigenvalue weighted by Gasteiger charge is 2.17. The van der Waals surface area contributed by atoms with Crippen molar-refractivity contribution < 1.29 is 9.53 Å². The van der Waals surface area contributed by atoms with Crippen molar-refractivity contribution >= 4 is 11.6 Å². The van der Waals surface area contributed by atoms with Crippen molar-refractivity contribution in [3.63, 3.8) is 0 Å². The lowest BCUT2D eigenvalue weighted by atomic mass is 10.2. The van der Waals surface area contributed by atoms with E-state index in [4.69, 9.17) is 4.74 Å². The molecule has 5 heteroatoms. The molecule has 1 saturated carbocycles. The van der Waals surface area contributed by atoms with Crippen LogP contribution in [0, 0.1) is 0 Å². The number of ether oxygens (including phenoxy) is 1. The van der Waals surface area contributed by atoms with E-state index < -0.39 is 0 Å². The van der Waals surface area contributed by atoms with Gasteiger partial charge in [-0.15, -0.1) is 0 Å². The minimum atomic E-state index is -0.190. The second kappa shape index (κ2) is 7.44. The minimum absolute atomic E-state index is 0.190. The molecule has 0 unspecified atom stereocenters. The zero-order valence-electron chi connectivity index (χ0n) is 14.5. The molecule has 1 fully saturated rings. The van der Waals surface area contributed by atoms with Gasteiger partial charge in [0.1, 0.15) is 5.75 Å². The highest BCUT2D eigenvalue weighted by Crippen LogP contribution is 2.26. The Morgan fingerprint density at radius 1 is 1.08 bits per heavy atom. The van der Waals surface area contributed by atoms with Gasteiger partial charge in [0.15, 0.2) is 0 Å². The number of benzene rings is 2. The quantitative estimate of drug-likeness (QED) is 0.742. The summed E-state index contributed by atoms with van der Waals surface area (Å²) in [4.78, 5) is 12.5. The molecule has 26 heavy (non-hydrogen) atoms. The molecular formula is C21H21N3O2. The maximum atomic E-state index is 12.5. The van der Waals surface area contributed by atoms with Gasteiger partial charge in [0, 0.05) is 18.0 Å². The van der Waals surface area contributed by atoms with Crippen LogP contribution in [0.25, 0.3) is 5.69 Å². The number of hydrogen-bond acceptors (Lipinski definition) is 3. The van der Waals surface area contributed by atoms with Gasteiger partial charge in [-0.2, -0.15) is 5.10 Å². The van der Waals surface area contributed by atoms with Crippen molar-refractivity contribution in [1.82, 2.24) is 9.78 Å². The molecular weight excluding hydrogens is 326 g/mol. The van der Waals surface area contributed by atoms with E-state index in [9.17, 15) is 4.79 Å². The van der Waals surface area contributed by atoms with E-state index in [1.165, 1.54) is 12.8 Å². The normalized spacial score (nSPS) is 14.3. The lowest BCUT2D eigenvalue weighted by Crippen LogP contribution is -2.13. The summed E-state index contributed by atoms with van der Waals surface area (Å²) in [6, 6.07) is 17.3. The summed E-state index contributed by atoms with van der Waals surface area (Å²) in [5.74, 6) is 0.611. The Morgan fingerprint density at radius 2 is 1.88 bits per heavy atom. The fourth-order valence-electron chi connectivity index (χ4n) is 3.21. The van der Waals surface area contributed by atoms with Gasteiger partial charge in [0.2, 0.25) is 0 Å². The molecule has 3 aromatic rings. The fraction of sp³-hybridized carbons (Fsp3) is 0.238. The Bertz CT molecular complexity index is 883. The van der Waals surface area contributed by atoms with Crippen LogP contribution >= 0.6 is 0 Å². The van der Waals surface area contributed by atoms with Crippen LogP contribution < -0.4 is 10.1 Å². The zero-order valence-corrected chi connectivity index (χ0v) is 14.5. The first kappa shape index (κ1) is 16.4. The number of para-hydroxylation sites is 1. The molecule has 0 atom stereocenters. The standard InChI is InChI=1S/C21H21N3O2/c25-21(16-14-22-24(15-16)18-8-2-1-3-9-18)23-17-7-6-12-20(13-17)26-19-10-4-5-11-19/h1-3,6-9,12-15,19H,4-5,10-11H2,(H,23,25). The number of hydrogen-bond donors (Lipinski definition) is 1. The third-order valence-electron chi connectivity index (χ3n) is 4.56. The average Bonchev–Trinajstić information content (AvgIpc) is 3.35. The van der Waals surface area contributed by atoms with Gasteiger partial charge in [-0.05, 0) is 49.9 Å². The molecule has 0 saturated heterocycles. The van der Waals surface area contributed by atoms with E-state index in [2.05, 4.69) is 10.4 Å². The summed E-state index contributed by atoms with van der Waals surface area (Å²) in [5.41, 5.74) is 2.15. The first-order chi connectivity index (χ1) is 12.8. The molecule has 1 amide bonds. The topological polar surface area (TPSA) is 56.1 Å². The lowest BCUT2D eigenvalue weighted by Gasteiger charge is -2.14. The molecule has 0 bridgehead atoms. The number of nitrogens with zero attached hydrogens (tertiary/aromatic N) is 2.